The molecule has 0 rings (SSSR count). The zero-order valence-electron chi connectivity index (χ0n) is 3.39. The van der Waals surface area contributed by atoms with E-state index in [1.807, 2.05) is 0 Å². The van der Waals surface area contributed by atoms with E-state index in [1.54, 1.807) is 0 Å². The monoisotopic (exact) mass is 87.0 g/mol. The van der Waals surface area contributed by atoms with E-state index in [-0.39, 0.29) is 5.78 Å². The largest absolute Gasteiger partial charge is 0.625 e. The summed E-state index contributed by atoms with van der Waals surface area (Å²) in [6.07, 6.45) is 0.847. The maximum absolute atomic E-state index is 9.73. The minimum atomic E-state index is -0.259. The highest BCUT2D eigenvalue weighted by molar-refractivity contribution is 6.23. The van der Waals surface area contributed by atoms with Gasteiger partial charge in [0, 0.05) is 6.92 Å². The molecule has 0 saturated heterocycles. The summed E-state index contributed by atoms with van der Waals surface area (Å²) in [4.78, 5) is 9.73. The molecule has 0 unspecified atom stereocenters. The van der Waals surface area contributed by atoms with Gasteiger partial charge in [0.05, 0.1) is 0 Å². The highest BCUT2D eigenvalue weighted by Crippen LogP contribution is 1.45. The molecule has 0 radical (unpaired) electrons. The van der Waals surface area contributed by atoms with Gasteiger partial charge < -0.3 is 5.21 Å². The smallest absolute Gasteiger partial charge is 0.216 e. The molecule has 0 aromatic rings. The van der Waals surface area contributed by atoms with E-state index >= 15 is 0 Å². The molecule has 0 aliphatic rings. The molecule has 0 aromatic carbocycles. The lowest BCUT2D eigenvalue weighted by atomic mass is 10.5. The minimum Gasteiger partial charge on any atom is -0.625 e. The lowest BCUT2D eigenvalue weighted by Gasteiger charge is -1.70. The first-order valence-corrected chi connectivity index (χ1v) is 1.49. The minimum absolute atomic E-state index is 0.259. The number of nitrogens with one attached hydrogen (secondary N) is 1. The predicted octanol–water partition coefficient (Wildman–Crippen LogP) is -1.78. The summed E-state index contributed by atoms with van der Waals surface area (Å²) in [6.45, 7) is 1.30. The highest BCUT2D eigenvalue weighted by atomic mass is 16.4. The van der Waals surface area contributed by atoms with E-state index in [4.69, 9.17) is 0 Å². The van der Waals surface area contributed by atoms with Crippen molar-refractivity contribution in [2.45, 2.75) is 6.92 Å². The number of hydrogen-bond acceptors (Lipinski definition) is 2. The van der Waals surface area contributed by atoms with Gasteiger partial charge in [-0.3, -0.25) is 4.79 Å². The summed E-state index contributed by atoms with van der Waals surface area (Å²) < 4.78 is 0. The van der Waals surface area contributed by atoms with Crippen molar-refractivity contribution in [1.82, 2.24) is 0 Å². The Morgan fingerprint density at radius 2 is 2.50 bits per heavy atom. The van der Waals surface area contributed by atoms with Gasteiger partial charge >= 0.3 is 0 Å². The van der Waals surface area contributed by atoms with E-state index in [0.29, 0.717) is 0 Å². The molecule has 3 nitrogen and oxygen atoms in total. The van der Waals surface area contributed by atoms with Crippen LogP contribution < -0.4 is 5.16 Å². The second-order valence-electron chi connectivity index (χ2n) is 0.873. The van der Waals surface area contributed by atoms with Gasteiger partial charge in [-0.15, -0.1) is 0 Å². The molecule has 0 saturated carbocycles. The average molecular weight is 87.1 g/mol. The molecule has 0 spiro atoms. The van der Waals surface area contributed by atoms with Crippen molar-refractivity contribution in [1.29, 1.82) is 0 Å². The van der Waals surface area contributed by atoms with E-state index in [2.05, 4.69) is 0 Å². The van der Waals surface area contributed by atoms with Crippen molar-refractivity contribution in [3.8, 4) is 0 Å². The maximum Gasteiger partial charge on any atom is 0.216 e. The van der Waals surface area contributed by atoms with Crippen LogP contribution in [-0.2, 0) is 4.79 Å². The van der Waals surface area contributed by atoms with Crippen LogP contribution in [0.15, 0.2) is 0 Å². The standard InChI is InChI=1S/C3H5NO2/c1-3(5)2-4-6/h2,4H,1H3. The molecule has 0 aromatic heterocycles. The van der Waals surface area contributed by atoms with Crippen LogP contribution in [0.1, 0.15) is 6.92 Å². The molecular formula is C3H5NO2. The number of Topliss-reactive ketones (excluding diaryl/α,β-unsaturated/α-hetero) is 1. The molecule has 6 heavy (non-hydrogen) atoms. The van der Waals surface area contributed by atoms with Gasteiger partial charge in [-0.05, 0) is 0 Å². The summed E-state index contributed by atoms with van der Waals surface area (Å²) in [6, 6.07) is 0. The maximum atomic E-state index is 9.73. The van der Waals surface area contributed by atoms with Crippen molar-refractivity contribution in [3.63, 3.8) is 0 Å². The van der Waals surface area contributed by atoms with Gasteiger partial charge in [0.25, 0.3) is 0 Å². The summed E-state index contributed by atoms with van der Waals surface area (Å²) in [7, 11) is 0. The summed E-state index contributed by atoms with van der Waals surface area (Å²) in [5, 5.41) is 10.6. The van der Waals surface area contributed by atoms with Crippen molar-refractivity contribution in [3.05, 3.63) is 5.21 Å². The lowest BCUT2D eigenvalue weighted by molar-refractivity contribution is -0.366. The molecule has 0 atom stereocenters. The predicted molar refractivity (Wildman–Crippen MR) is 21.1 cm³/mol. The SMILES string of the molecule is CC(=O)C=[NH+][O-]. The summed E-state index contributed by atoms with van der Waals surface area (Å²) in [5.74, 6) is -0.259. The van der Waals surface area contributed by atoms with Crippen LogP contribution in [0.2, 0.25) is 0 Å². The Bertz CT molecular complexity index is 76.9. The molecule has 0 heterocycles. The lowest BCUT2D eigenvalue weighted by Crippen LogP contribution is -2.61. The van der Waals surface area contributed by atoms with Crippen LogP contribution in [0.3, 0.4) is 0 Å². The fourth-order valence-electron chi connectivity index (χ4n) is 0.0830. The second kappa shape index (κ2) is 2.38. The normalized spacial score (nSPS) is 9.50. The average Bonchev–Trinajstić information content (AvgIpc) is 1.35. The third-order valence-electron chi connectivity index (χ3n) is 0.262. The summed E-state index contributed by atoms with van der Waals surface area (Å²) in [5.41, 5.74) is 0. The first kappa shape index (κ1) is 5.14. The number of carbonyl (C=O) groups excluding carboxylic acids is 1. The topological polar surface area (TPSA) is 54.1 Å². The van der Waals surface area contributed by atoms with Gasteiger partial charge in [-0.25, -0.2) is 5.16 Å². The van der Waals surface area contributed by atoms with E-state index in [1.165, 1.54) is 12.1 Å². The van der Waals surface area contributed by atoms with Gasteiger partial charge in [0.2, 0.25) is 12.0 Å². The van der Waals surface area contributed by atoms with Crippen LogP contribution in [0.25, 0.3) is 0 Å². The van der Waals surface area contributed by atoms with Crippen LogP contribution in [-0.4, -0.2) is 12.0 Å². The Morgan fingerprint density at radius 3 is 2.50 bits per heavy atom. The molecule has 0 bridgehead atoms. The molecule has 0 aliphatic carbocycles. The van der Waals surface area contributed by atoms with Crippen molar-refractivity contribution >= 4 is 12.0 Å². The Labute approximate surface area is 35.3 Å². The first-order valence-electron chi connectivity index (χ1n) is 1.49. The van der Waals surface area contributed by atoms with E-state index in [0.717, 1.165) is 6.21 Å². The molecule has 3 heteroatoms. The third kappa shape index (κ3) is 3.14. The number of carbonyl (C=O) groups is 1. The molecule has 0 amide bonds. The summed E-state index contributed by atoms with van der Waals surface area (Å²) >= 11 is 0. The number of ketones is 1. The van der Waals surface area contributed by atoms with Crippen molar-refractivity contribution in [2.24, 2.45) is 0 Å². The molecule has 34 valence electrons. The van der Waals surface area contributed by atoms with Gasteiger partial charge in [-0.2, -0.15) is 0 Å². The third-order valence-corrected chi connectivity index (χ3v) is 0.262. The van der Waals surface area contributed by atoms with Crippen molar-refractivity contribution < 1.29 is 9.95 Å². The Balaban J connectivity index is 3.30. The zero-order valence-corrected chi connectivity index (χ0v) is 3.39. The van der Waals surface area contributed by atoms with Gasteiger partial charge in [0.1, 0.15) is 0 Å². The Hall–Kier alpha value is -0.860. The van der Waals surface area contributed by atoms with Gasteiger partial charge in [0.15, 0.2) is 0 Å². The number of hydrogen-bond donors (Lipinski definition) is 1. The van der Waals surface area contributed by atoms with Crippen LogP contribution in [0.5, 0.6) is 0 Å². The van der Waals surface area contributed by atoms with Crippen LogP contribution >= 0.6 is 0 Å². The fraction of sp³-hybridized carbons (Fsp3) is 0.333. The first-order chi connectivity index (χ1) is 2.77. The molecule has 1 N–H and O–H groups in total. The van der Waals surface area contributed by atoms with Crippen LogP contribution in [0, 0.1) is 5.21 Å². The second-order valence-corrected chi connectivity index (χ2v) is 0.873. The van der Waals surface area contributed by atoms with Crippen molar-refractivity contribution in [2.75, 3.05) is 0 Å². The molecule has 0 fully saturated rings. The van der Waals surface area contributed by atoms with Gasteiger partial charge in [-0.1, -0.05) is 0 Å². The van der Waals surface area contributed by atoms with Crippen LogP contribution in [0.4, 0.5) is 0 Å². The zero-order chi connectivity index (χ0) is 4.99. The Morgan fingerprint density at radius 1 is 2.00 bits per heavy atom. The molecular weight excluding hydrogens is 82.0 g/mol. The molecule has 0 aliphatic heterocycles. The fourth-order valence-corrected chi connectivity index (χ4v) is 0.0830. The highest BCUT2D eigenvalue weighted by Gasteiger charge is 1.80. The van der Waals surface area contributed by atoms with E-state index in [9.17, 15) is 10.0 Å². The Kier molecular flexibility index (Phi) is 2.04. The number of rotatable bonds is 1. The van der Waals surface area contributed by atoms with E-state index < -0.39 is 0 Å². The quantitative estimate of drug-likeness (QED) is 0.233.